The zero-order valence-electron chi connectivity index (χ0n) is 17.3. The second-order valence-corrected chi connectivity index (χ2v) is 8.24. The lowest BCUT2D eigenvalue weighted by Gasteiger charge is -2.36. The third kappa shape index (κ3) is 3.07. The summed E-state index contributed by atoms with van der Waals surface area (Å²) in [4.78, 5) is 18.9. The van der Waals surface area contributed by atoms with E-state index in [9.17, 15) is 9.18 Å². The number of nitrogens with one attached hydrogen (secondary N) is 1. The molecular weight excluding hydrogens is 403 g/mol. The van der Waals surface area contributed by atoms with E-state index in [1.54, 1.807) is 16.8 Å². The van der Waals surface area contributed by atoms with Gasteiger partial charge < -0.3 is 9.88 Å². The maximum absolute atomic E-state index is 13.7. The van der Waals surface area contributed by atoms with Gasteiger partial charge in [-0.2, -0.15) is 5.10 Å². The summed E-state index contributed by atoms with van der Waals surface area (Å²) in [5, 5.41) is 6.73. The zero-order valence-corrected chi connectivity index (χ0v) is 17.3. The molecule has 158 valence electrons. The Bertz CT molecular complexity index is 1420. The van der Waals surface area contributed by atoms with Crippen molar-refractivity contribution in [2.24, 2.45) is 0 Å². The number of hydrogen-bond acceptors (Lipinski definition) is 2. The number of nitrogens with zero attached hydrogens (tertiary/aromatic N) is 3. The van der Waals surface area contributed by atoms with Crippen molar-refractivity contribution in [2.45, 2.75) is 19.0 Å². The average Bonchev–Trinajstić information content (AvgIpc) is 3.39. The summed E-state index contributed by atoms with van der Waals surface area (Å²) >= 11 is 0. The maximum atomic E-state index is 13.7. The average molecular weight is 424 g/mol. The Morgan fingerprint density at radius 1 is 1.03 bits per heavy atom. The van der Waals surface area contributed by atoms with Gasteiger partial charge >= 0.3 is 0 Å². The van der Waals surface area contributed by atoms with Crippen LogP contribution in [0.15, 0.2) is 79.0 Å². The van der Waals surface area contributed by atoms with Gasteiger partial charge in [-0.15, -0.1) is 0 Å². The highest BCUT2D eigenvalue weighted by Gasteiger charge is 2.34. The van der Waals surface area contributed by atoms with E-state index in [1.807, 2.05) is 47.5 Å². The van der Waals surface area contributed by atoms with Gasteiger partial charge in [0.05, 0.1) is 11.6 Å². The molecule has 6 heteroatoms. The normalized spacial score (nSPS) is 15.9. The van der Waals surface area contributed by atoms with Crippen molar-refractivity contribution < 1.29 is 9.18 Å². The number of aromatic amines is 1. The van der Waals surface area contributed by atoms with Crippen LogP contribution in [0.4, 0.5) is 4.39 Å². The third-order valence-corrected chi connectivity index (χ3v) is 6.30. The SMILES string of the molecule is O=C(Cn1cc2ccccc2n1)N1CCc2c([nH]c3ccccc23)C1c1ccc(F)cc1. The number of aromatic nitrogens is 3. The molecule has 3 aromatic carbocycles. The first-order chi connectivity index (χ1) is 15.7. The first-order valence-corrected chi connectivity index (χ1v) is 10.7. The minimum Gasteiger partial charge on any atom is -0.356 e. The molecular formula is C26H21FN4O. The molecule has 2 aromatic heterocycles. The van der Waals surface area contributed by atoms with Crippen molar-refractivity contribution in [1.82, 2.24) is 19.7 Å². The van der Waals surface area contributed by atoms with E-state index in [1.165, 1.54) is 23.1 Å². The van der Waals surface area contributed by atoms with Crippen LogP contribution in [-0.4, -0.2) is 32.1 Å². The molecule has 32 heavy (non-hydrogen) atoms. The molecule has 0 spiro atoms. The number of carbonyl (C=O) groups excluding carboxylic acids is 1. The van der Waals surface area contributed by atoms with Crippen molar-refractivity contribution in [3.63, 3.8) is 0 Å². The van der Waals surface area contributed by atoms with Gasteiger partial charge in [0.1, 0.15) is 12.4 Å². The van der Waals surface area contributed by atoms with E-state index in [4.69, 9.17) is 0 Å². The molecule has 1 aliphatic rings. The van der Waals surface area contributed by atoms with E-state index in [-0.39, 0.29) is 24.3 Å². The molecule has 0 bridgehead atoms. The predicted molar refractivity (Wildman–Crippen MR) is 122 cm³/mol. The molecule has 0 radical (unpaired) electrons. The summed E-state index contributed by atoms with van der Waals surface area (Å²) in [5.74, 6) is -0.307. The van der Waals surface area contributed by atoms with Crippen LogP contribution >= 0.6 is 0 Å². The van der Waals surface area contributed by atoms with E-state index < -0.39 is 0 Å². The summed E-state index contributed by atoms with van der Waals surface area (Å²) < 4.78 is 15.4. The number of amides is 1. The lowest BCUT2D eigenvalue weighted by atomic mass is 9.92. The molecule has 1 N–H and O–H groups in total. The van der Waals surface area contributed by atoms with Crippen LogP contribution < -0.4 is 0 Å². The maximum Gasteiger partial charge on any atom is 0.245 e. The lowest BCUT2D eigenvalue weighted by Crippen LogP contribution is -2.42. The number of fused-ring (bicyclic) bond motifs is 4. The summed E-state index contributed by atoms with van der Waals surface area (Å²) in [6.45, 7) is 0.748. The van der Waals surface area contributed by atoms with Crippen LogP contribution in [0.3, 0.4) is 0 Å². The van der Waals surface area contributed by atoms with Gasteiger partial charge in [-0.1, -0.05) is 48.5 Å². The van der Waals surface area contributed by atoms with Gasteiger partial charge in [-0.3, -0.25) is 9.48 Å². The highest BCUT2D eigenvalue weighted by Crippen LogP contribution is 2.38. The number of benzene rings is 3. The highest BCUT2D eigenvalue weighted by atomic mass is 19.1. The van der Waals surface area contributed by atoms with Crippen molar-refractivity contribution in [3.05, 3.63) is 102 Å². The second-order valence-electron chi connectivity index (χ2n) is 8.24. The minimum atomic E-state index is -0.302. The molecule has 3 heterocycles. The summed E-state index contributed by atoms with van der Waals surface area (Å²) in [7, 11) is 0. The van der Waals surface area contributed by atoms with Crippen LogP contribution in [0.25, 0.3) is 21.8 Å². The topological polar surface area (TPSA) is 53.9 Å². The fourth-order valence-corrected chi connectivity index (χ4v) is 4.83. The van der Waals surface area contributed by atoms with Crippen LogP contribution in [0.2, 0.25) is 0 Å². The number of para-hydroxylation sites is 1. The highest BCUT2D eigenvalue weighted by molar-refractivity contribution is 5.87. The summed E-state index contributed by atoms with van der Waals surface area (Å²) in [5.41, 5.74) is 5.04. The number of hydrogen-bond donors (Lipinski definition) is 1. The smallest absolute Gasteiger partial charge is 0.245 e. The predicted octanol–water partition coefficient (Wildman–Crippen LogP) is 4.83. The second kappa shape index (κ2) is 7.34. The largest absolute Gasteiger partial charge is 0.356 e. The Labute approximate surface area is 184 Å². The van der Waals surface area contributed by atoms with Crippen LogP contribution in [0, 0.1) is 5.82 Å². The molecule has 0 saturated carbocycles. The van der Waals surface area contributed by atoms with Crippen LogP contribution in [0.1, 0.15) is 22.9 Å². The van der Waals surface area contributed by atoms with E-state index in [2.05, 4.69) is 22.2 Å². The zero-order chi connectivity index (χ0) is 21.7. The fraction of sp³-hybridized carbons (Fsp3) is 0.154. The quantitative estimate of drug-likeness (QED) is 0.451. The van der Waals surface area contributed by atoms with Crippen LogP contribution in [-0.2, 0) is 17.8 Å². The lowest BCUT2D eigenvalue weighted by molar-refractivity contribution is -0.134. The Kier molecular flexibility index (Phi) is 4.31. The monoisotopic (exact) mass is 424 g/mol. The number of carbonyl (C=O) groups is 1. The summed E-state index contributed by atoms with van der Waals surface area (Å²) in [6, 6.07) is 22.2. The first-order valence-electron chi connectivity index (χ1n) is 10.7. The first kappa shape index (κ1) is 18.8. The van der Waals surface area contributed by atoms with Gasteiger partial charge in [0.2, 0.25) is 5.91 Å². The molecule has 5 aromatic rings. The Balaban J connectivity index is 1.41. The minimum absolute atomic E-state index is 0.0172. The molecule has 0 aliphatic carbocycles. The Morgan fingerprint density at radius 2 is 1.81 bits per heavy atom. The Hall–Kier alpha value is -3.93. The fourth-order valence-electron chi connectivity index (χ4n) is 4.83. The van der Waals surface area contributed by atoms with Gasteiger partial charge in [0.25, 0.3) is 0 Å². The molecule has 6 rings (SSSR count). The molecule has 5 nitrogen and oxygen atoms in total. The number of rotatable bonds is 3. The number of H-pyrrole nitrogens is 1. The van der Waals surface area contributed by atoms with E-state index in [0.29, 0.717) is 6.54 Å². The third-order valence-electron chi connectivity index (χ3n) is 6.30. The summed E-state index contributed by atoms with van der Waals surface area (Å²) in [6.07, 6.45) is 2.67. The van der Waals surface area contributed by atoms with Crippen molar-refractivity contribution in [3.8, 4) is 0 Å². The van der Waals surface area contributed by atoms with Gasteiger partial charge in [0, 0.05) is 34.7 Å². The van der Waals surface area contributed by atoms with Gasteiger partial charge in [-0.05, 0) is 41.8 Å². The molecule has 0 fully saturated rings. The van der Waals surface area contributed by atoms with Gasteiger partial charge in [-0.25, -0.2) is 4.39 Å². The molecule has 1 amide bonds. The molecule has 1 atom stereocenters. The van der Waals surface area contributed by atoms with Gasteiger partial charge in [0.15, 0.2) is 0 Å². The van der Waals surface area contributed by atoms with Crippen molar-refractivity contribution in [1.29, 1.82) is 0 Å². The molecule has 1 unspecified atom stereocenters. The molecule has 1 aliphatic heterocycles. The molecule has 0 saturated heterocycles. The van der Waals surface area contributed by atoms with E-state index >= 15 is 0 Å². The van der Waals surface area contributed by atoms with Crippen molar-refractivity contribution >= 4 is 27.7 Å². The van der Waals surface area contributed by atoms with Crippen LogP contribution in [0.5, 0.6) is 0 Å². The Morgan fingerprint density at radius 3 is 2.66 bits per heavy atom. The van der Waals surface area contributed by atoms with Crippen molar-refractivity contribution in [2.75, 3.05) is 6.54 Å². The standard InChI is InChI=1S/C26H21FN4O/c27-19-11-9-17(10-12-19)26-25-21(20-6-2-4-8-23(20)28-25)13-14-31(26)24(32)16-30-15-18-5-1-3-7-22(18)29-30/h1-12,15,26,28H,13-14,16H2. The number of halogens is 1. The van der Waals surface area contributed by atoms with E-state index in [0.717, 1.165) is 34.1 Å².